The summed E-state index contributed by atoms with van der Waals surface area (Å²) in [6.07, 6.45) is 0. The van der Waals surface area contributed by atoms with Gasteiger partial charge >= 0.3 is 0 Å². The van der Waals surface area contributed by atoms with Gasteiger partial charge in [0.25, 0.3) is 0 Å². The number of hydrogen-bond donors (Lipinski definition) is 0. The van der Waals surface area contributed by atoms with E-state index < -0.39 is 0 Å². The number of benzene rings is 2. The molecule has 0 aromatic heterocycles. The minimum absolute atomic E-state index is 0.255. The zero-order valence-corrected chi connectivity index (χ0v) is 14.3. The first-order valence-corrected chi connectivity index (χ1v) is 7.77. The van der Waals surface area contributed by atoms with E-state index in [1.54, 1.807) is 19.2 Å². The van der Waals surface area contributed by atoms with Gasteiger partial charge in [0.2, 0.25) is 0 Å². The van der Waals surface area contributed by atoms with Crippen LogP contribution in [0.5, 0.6) is 11.5 Å². The van der Waals surface area contributed by atoms with Crippen LogP contribution in [0.1, 0.15) is 5.56 Å². The number of methoxy groups -OCH3 is 1. The Kier molecular flexibility index (Phi) is 6.21. The normalized spacial score (nSPS) is 10.8. The van der Waals surface area contributed by atoms with E-state index in [1.165, 1.54) is 17.7 Å². The molecular formula is C17H19BrFNO2. The molecule has 0 saturated carbocycles. The second kappa shape index (κ2) is 8.15. The first kappa shape index (κ1) is 16.8. The first-order valence-electron chi connectivity index (χ1n) is 6.98. The monoisotopic (exact) mass is 367 g/mol. The van der Waals surface area contributed by atoms with Gasteiger partial charge in [0.15, 0.2) is 0 Å². The lowest BCUT2D eigenvalue weighted by Gasteiger charge is -2.17. The highest BCUT2D eigenvalue weighted by Gasteiger charge is 2.05. The van der Waals surface area contributed by atoms with Crippen LogP contribution >= 0.6 is 15.9 Å². The molecule has 2 aromatic carbocycles. The molecule has 2 rings (SSSR count). The molecule has 0 saturated heterocycles. The number of ether oxygens (including phenoxy) is 2. The first-order chi connectivity index (χ1) is 10.6. The van der Waals surface area contributed by atoms with Crippen LogP contribution in [0.3, 0.4) is 0 Å². The van der Waals surface area contributed by atoms with Crippen LogP contribution in [0.25, 0.3) is 0 Å². The second-order valence-electron chi connectivity index (χ2n) is 5.01. The standard InChI is InChI=1S/C17H19BrFNO2/c1-20(9-10-22-15-6-4-14(19)5-7-15)12-13-3-8-17(21-2)16(18)11-13/h3-8,11H,9-10,12H2,1-2H3. The molecule has 0 aliphatic rings. The molecule has 22 heavy (non-hydrogen) atoms. The number of hydrogen-bond acceptors (Lipinski definition) is 3. The van der Waals surface area contributed by atoms with Crippen LogP contribution in [0, 0.1) is 5.82 Å². The molecule has 0 unspecified atom stereocenters. The molecule has 118 valence electrons. The van der Waals surface area contributed by atoms with E-state index in [-0.39, 0.29) is 5.82 Å². The van der Waals surface area contributed by atoms with Crippen molar-refractivity contribution < 1.29 is 13.9 Å². The average molecular weight is 368 g/mol. The van der Waals surface area contributed by atoms with Crippen molar-refractivity contribution in [1.82, 2.24) is 4.90 Å². The van der Waals surface area contributed by atoms with Crippen molar-refractivity contribution >= 4 is 15.9 Å². The van der Waals surface area contributed by atoms with Gasteiger partial charge in [-0.25, -0.2) is 4.39 Å². The Balaban J connectivity index is 1.79. The summed E-state index contributed by atoms with van der Waals surface area (Å²) in [5, 5.41) is 0. The fourth-order valence-electron chi connectivity index (χ4n) is 2.05. The molecule has 5 heteroatoms. The van der Waals surface area contributed by atoms with Crippen molar-refractivity contribution in [3.63, 3.8) is 0 Å². The van der Waals surface area contributed by atoms with Gasteiger partial charge < -0.3 is 9.47 Å². The predicted octanol–water partition coefficient (Wildman–Crippen LogP) is 4.11. The van der Waals surface area contributed by atoms with Gasteiger partial charge in [-0.15, -0.1) is 0 Å². The van der Waals surface area contributed by atoms with Gasteiger partial charge in [0, 0.05) is 13.1 Å². The molecule has 0 amide bonds. The van der Waals surface area contributed by atoms with Gasteiger partial charge in [-0.1, -0.05) is 6.07 Å². The summed E-state index contributed by atoms with van der Waals surface area (Å²) in [4.78, 5) is 2.16. The Bertz CT molecular complexity index is 604. The quantitative estimate of drug-likeness (QED) is 0.734. The number of rotatable bonds is 7. The molecule has 3 nitrogen and oxygen atoms in total. The largest absolute Gasteiger partial charge is 0.496 e. The summed E-state index contributed by atoms with van der Waals surface area (Å²) >= 11 is 3.49. The number of nitrogens with zero attached hydrogens (tertiary/aromatic N) is 1. The topological polar surface area (TPSA) is 21.7 Å². The van der Waals surface area contributed by atoms with Crippen molar-refractivity contribution in [2.75, 3.05) is 27.3 Å². The van der Waals surface area contributed by atoms with Crippen LogP contribution in [0.2, 0.25) is 0 Å². The van der Waals surface area contributed by atoms with Crippen molar-refractivity contribution in [2.24, 2.45) is 0 Å². The maximum Gasteiger partial charge on any atom is 0.133 e. The third-order valence-electron chi connectivity index (χ3n) is 3.22. The van der Waals surface area contributed by atoms with Gasteiger partial charge in [0.1, 0.15) is 23.9 Å². The zero-order chi connectivity index (χ0) is 15.9. The fraction of sp³-hybridized carbons (Fsp3) is 0.294. The summed E-state index contributed by atoms with van der Waals surface area (Å²) in [5.74, 6) is 1.25. The van der Waals surface area contributed by atoms with E-state index in [9.17, 15) is 4.39 Å². The highest BCUT2D eigenvalue weighted by molar-refractivity contribution is 9.10. The van der Waals surface area contributed by atoms with Gasteiger partial charge in [-0.2, -0.15) is 0 Å². The van der Waals surface area contributed by atoms with Crippen LogP contribution < -0.4 is 9.47 Å². The SMILES string of the molecule is COc1ccc(CN(C)CCOc2ccc(F)cc2)cc1Br. The van der Waals surface area contributed by atoms with E-state index >= 15 is 0 Å². The minimum Gasteiger partial charge on any atom is -0.496 e. The summed E-state index contributed by atoms with van der Waals surface area (Å²) < 4.78 is 24.5. The predicted molar refractivity (Wildman–Crippen MR) is 88.9 cm³/mol. The van der Waals surface area contributed by atoms with Crippen LogP contribution in [-0.2, 0) is 6.54 Å². The summed E-state index contributed by atoms with van der Waals surface area (Å²) in [6, 6.07) is 12.1. The van der Waals surface area contributed by atoms with E-state index in [1.807, 2.05) is 19.2 Å². The maximum atomic E-state index is 12.8. The lowest BCUT2D eigenvalue weighted by Crippen LogP contribution is -2.23. The molecule has 0 N–H and O–H groups in total. The van der Waals surface area contributed by atoms with Crippen molar-refractivity contribution in [3.05, 3.63) is 58.3 Å². The zero-order valence-electron chi connectivity index (χ0n) is 12.7. The minimum atomic E-state index is -0.255. The Morgan fingerprint density at radius 1 is 1.14 bits per heavy atom. The highest BCUT2D eigenvalue weighted by atomic mass is 79.9. The molecule has 0 radical (unpaired) electrons. The number of halogens is 2. The number of likely N-dealkylation sites (N-methyl/N-ethyl adjacent to an activating group) is 1. The van der Waals surface area contributed by atoms with Crippen LogP contribution in [-0.4, -0.2) is 32.2 Å². The summed E-state index contributed by atoms with van der Waals surface area (Å²) in [7, 11) is 3.69. The Morgan fingerprint density at radius 2 is 1.86 bits per heavy atom. The Labute approximate surface area is 138 Å². The Hall–Kier alpha value is -1.59. The van der Waals surface area contributed by atoms with Crippen molar-refractivity contribution in [2.45, 2.75) is 6.54 Å². The lowest BCUT2D eigenvalue weighted by molar-refractivity contribution is 0.232. The van der Waals surface area contributed by atoms with Gasteiger partial charge in [-0.05, 0) is 64.9 Å². The van der Waals surface area contributed by atoms with E-state index in [0.717, 1.165) is 23.3 Å². The van der Waals surface area contributed by atoms with Crippen LogP contribution in [0.4, 0.5) is 4.39 Å². The van der Waals surface area contributed by atoms with E-state index in [4.69, 9.17) is 9.47 Å². The van der Waals surface area contributed by atoms with Crippen molar-refractivity contribution in [1.29, 1.82) is 0 Å². The maximum absolute atomic E-state index is 12.8. The fourth-order valence-corrected chi connectivity index (χ4v) is 2.64. The Morgan fingerprint density at radius 3 is 2.50 bits per heavy atom. The van der Waals surface area contributed by atoms with Gasteiger partial charge in [0.05, 0.1) is 11.6 Å². The smallest absolute Gasteiger partial charge is 0.133 e. The lowest BCUT2D eigenvalue weighted by atomic mass is 10.2. The molecule has 2 aromatic rings. The van der Waals surface area contributed by atoms with E-state index in [2.05, 4.69) is 26.9 Å². The molecule has 0 aliphatic carbocycles. The molecule has 0 bridgehead atoms. The average Bonchev–Trinajstić information content (AvgIpc) is 2.49. The highest BCUT2D eigenvalue weighted by Crippen LogP contribution is 2.25. The van der Waals surface area contributed by atoms with E-state index in [0.29, 0.717) is 12.4 Å². The molecule has 0 atom stereocenters. The third-order valence-corrected chi connectivity index (χ3v) is 3.84. The molecular weight excluding hydrogens is 349 g/mol. The second-order valence-corrected chi connectivity index (χ2v) is 5.86. The molecule has 0 spiro atoms. The van der Waals surface area contributed by atoms with Gasteiger partial charge in [-0.3, -0.25) is 4.90 Å². The molecule has 0 aliphatic heterocycles. The molecule has 0 fully saturated rings. The third kappa shape index (κ3) is 5.00. The summed E-state index contributed by atoms with van der Waals surface area (Å²) in [5.41, 5.74) is 1.19. The molecule has 0 heterocycles. The van der Waals surface area contributed by atoms with Crippen molar-refractivity contribution in [3.8, 4) is 11.5 Å². The summed E-state index contributed by atoms with van der Waals surface area (Å²) in [6.45, 7) is 2.15. The van der Waals surface area contributed by atoms with Crippen LogP contribution in [0.15, 0.2) is 46.9 Å².